The van der Waals surface area contributed by atoms with Crippen molar-refractivity contribution >= 4 is 39.2 Å². The molecule has 1 aromatic carbocycles. The molecule has 0 spiro atoms. The van der Waals surface area contributed by atoms with E-state index in [9.17, 15) is 9.59 Å². The monoisotopic (exact) mass is 429 g/mol. The van der Waals surface area contributed by atoms with Crippen LogP contribution >= 0.6 is 23.1 Å². The van der Waals surface area contributed by atoms with E-state index in [4.69, 9.17) is 4.98 Å². The van der Waals surface area contributed by atoms with Gasteiger partial charge in [0.2, 0.25) is 5.91 Å². The van der Waals surface area contributed by atoms with Crippen LogP contribution in [0.2, 0.25) is 0 Å². The van der Waals surface area contributed by atoms with Gasteiger partial charge >= 0.3 is 0 Å². The van der Waals surface area contributed by atoms with Gasteiger partial charge in [-0.15, -0.1) is 11.3 Å². The molecule has 7 heteroatoms. The lowest BCUT2D eigenvalue weighted by Gasteiger charge is -2.18. The second-order valence-corrected chi connectivity index (χ2v) is 8.78. The van der Waals surface area contributed by atoms with Crippen molar-refractivity contribution < 1.29 is 4.79 Å². The number of hydrogen-bond donors (Lipinski definition) is 0. The molecule has 0 saturated carbocycles. The van der Waals surface area contributed by atoms with Crippen LogP contribution in [0.1, 0.15) is 31.2 Å². The quantitative estimate of drug-likeness (QED) is 0.377. The summed E-state index contributed by atoms with van der Waals surface area (Å²) in [5, 5.41) is 1.31. The zero-order valence-electron chi connectivity index (χ0n) is 17.2. The van der Waals surface area contributed by atoms with Crippen LogP contribution in [-0.4, -0.2) is 39.2 Å². The van der Waals surface area contributed by atoms with E-state index < -0.39 is 0 Å². The number of nitrogens with zero attached hydrogens (tertiary/aromatic N) is 3. The molecule has 0 aliphatic carbocycles. The van der Waals surface area contributed by atoms with Crippen LogP contribution < -0.4 is 5.56 Å². The number of carbonyl (C=O) groups excluding carboxylic acids is 1. The molecule has 1 amide bonds. The van der Waals surface area contributed by atoms with E-state index in [-0.39, 0.29) is 17.2 Å². The highest BCUT2D eigenvalue weighted by Gasteiger charge is 2.17. The summed E-state index contributed by atoms with van der Waals surface area (Å²) in [7, 11) is 0. The lowest BCUT2D eigenvalue weighted by atomic mass is 10.1. The maximum Gasteiger partial charge on any atom is 0.262 e. The number of thioether (sulfide) groups is 1. The first-order valence-corrected chi connectivity index (χ1v) is 11.8. The van der Waals surface area contributed by atoms with Crippen LogP contribution in [0.5, 0.6) is 0 Å². The van der Waals surface area contributed by atoms with E-state index in [1.165, 1.54) is 17.3 Å². The normalized spacial score (nSPS) is 11.1. The molecule has 0 atom stereocenters. The van der Waals surface area contributed by atoms with Gasteiger partial charge in [0.15, 0.2) is 5.16 Å². The zero-order chi connectivity index (χ0) is 20.8. The largest absolute Gasteiger partial charge is 0.343 e. The fourth-order valence-electron chi connectivity index (χ4n) is 3.21. The van der Waals surface area contributed by atoms with Crippen LogP contribution in [0.25, 0.3) is 10.2 Å². The fraction of sp³-hybridized carbons (Fsp3) is 0.409. The first-order chi connectivity index (χ1) is 14.1. The molecule has 3 aromatic rings. The Morgan fingerprint density at radius 3 is 2.55 bits per heavy atom. The maximum atomic E-state index is 13.2. The molecule has 0 fully saturated rings. The van der Waals surface area contributed by atoms with E-state index >= 15 is 0 Å². The van der Waals surface area contributed by atoms with Crippen molar-refractivity contribution in [2.75, 3.05) is 18.8 Å². The molecule has 0 aliphatic rings. The molecule has 0 unspecified atom stereocenters. The molecular weight excluding hydrogens is 402 g/mol. The third-order valence-electron chi connectivity index (χ3n) is 4.92. The van der Waals surface area contributed by atoms with E-state index in [1.54, 1.807) is 20.8 Å². The molecule has 3 rings (SSSR count). The van der Waals surface area contributed by atoms with Crippen molar-refractivity contribution in [3.8, 4) is 0 Å². The van der Waals surface area contributed by atoms with E-state index in [2.05, 4.69) is 19.1 Å². The topological polar surface area (TPSA) is 55.2 Å². The second kappa shape index (κ2) is 10.1. The molecule has 2 aromatic heterocycles. The van der Waals surface area contributed by atoms with Crippen molar-refractivity contribution in [1.29, 1.82) is 0 Å². The zero-order valence-corrected chi connectivity index (χ0v) is 18.8. The number of aryl methyl sites for hydroxylation is 2. The van der Waals surface area contributed by atoms with Crippen molar-refractivity contribution in [2.45, 2.75) is 45.3 Å². The maximum absolute atomic E-state index is 13.2. The number of fused-ring (bicyclic) bond motifs is 1. The average Bonchev–Trinajstić information content (AvgIpc) is 3.17. The molecule has 154 valence electrons. The molecule has 0 N–H and O–H groups in total. The van der Waals surface area contributed by atoms with Gasteiger partial charge in [-0.3, -0.25) is 14.2 Å². The number of carbonyl (C=O) groups is 1. The van der Waals surface area contributed by atoms with Gasteiger partial charge in [0.05, 0.1) is 11.1 Å². The Labute approximate surface area is 179 Å². The molecular formula is C22H27N3O2S2. The Morgan fingerprint density at radius 1 is 1.17 bits per heavy atom. The molecule has 0 radical (unpaired) electrons. The number of thiophene rings is 1. The average molecular weight is 430 g/mol. The summed E-state index contributed by atoms with van der Waals surface area (Å²) >= 11 is 2.93. The highest BCUT2D eigenvalue weighted by atomic mass is 32.2. The van der Waals surface area contributed by atoms with Crippen molar-refractivity contribution in [3.63, 3.8) is 0 Å². The number of hydrogen-bond acceptors (Lipinski definition) is 5. The van der Waals surface area contributed by atoms with Gasteiger partial charge < -0.3 is 4.90 Å². The number of aromatic nitrogens is 2. The van der Waals surface area contributed by atoms with Crippen molar-refractivity contribution in [1.82, 2.24) is 14.5 Å². The molecule has 29 heavy (non-hydrogen) atoms. The Kier molecular flexibility index (Phi) is 7.50. The second-order valence-electron chi connectivity index (χ2n) is 6.73. The highest BCUT2D eigenvalue weighted by molar-refractivity contribution is 7.99. The molecule has 0 aliphatic heterocycles. The fourth-order valence-corrected chi connectivity index (χ4v) is 5.14. The van der Waals surface area contributed by atoms with Crippen LogP contribution in [-0.2, 0) is 24.2 Å². The smallest absolute Gasteiger partial charge is 0.262 e. The molecule has 0 saturated heterocycles. The lowest BCUT2D eigenvalue weighted by Crippen LogP contribution is -2.32. The SMILES string of the molecule is CCc1cc2c(=O)n(CCc3ccccc3)c(SCC(=O)N(CC)CC)nc2s1. The summed E-state index contributed by atoms with van der Waals surface area (Å²) in [6.07, 6.45) is 1.63. The van der Waals surface area contributed by atoms with Crippen LogP contribution in [0, 0.1) is 0 Å². The van der Waals surface area contributed by atoms with Gasteiger partial charge in [0, 0.05) is 24.5 Å². The van der Waals surface area contributed by atoms with E-state index in [0.29, 0.717) is 30.2 Å². The number of benzene rings is 1. The van der Waals surface area contributed by atoms with E-state index in [1.807, 2.05) is 38.1 Å². The first kappa shape index (κ1) is 21.6. The minimum Gasteiger partial charge on any atom is -0.343 e. The summed E-state index contributed by atoms with van der Waals surface area (Å²) in [6.45, 7) is 7.96. The standard InChI is InChI=1S/C22H27N3O2S2/c1-4-17-14-18-20(29-17)23-22(28-15-19(26)24(5-2)6-3)25(21(18)27)13-12-16-10-8-7-9-11-16/h7-11,14H,4-6,12-13,15H2,1-3H3. The van der Waals surface area contributed by atoms with Gasteiger partial charge in [-0.1, -0.05) is 49.0 Å². The highest BCUT2D eigenvalue weighted by Crippen LogP contribution is 2.25. The van der Waals surface area contributed by atoms with Crippen LogP contribution in [0.3, 0.4) is 0 Å². The Balaban J connectivity index is 1.92. The third-order valence-corrected chi connectivity index (χ3v) is 7.06. The van der Waals surface area contributed by atoms with Gasteiger partial charge in [-0.2, -0.15) is 0 Å². The molecule has 2 heterocycles. The molecule has 0 bridgehead atoms. The summed E-state index contributed by atoms with van der Waals surface area (Å²) in [6, 6.07) is 12.1. The minimum atomic E-state index is -0.0142. The summed E-state index contributed by atoms with van der Waals surface area (Å²) in [5.74, 6) is 0.362. The summed E-state index contributed by atoms with van der Waals surface area (Å²) < 4.78 is 1.74. The van der Waals surface area contributed by atoms with Crippen LogP contribution in [0.4, 0.5) is 0 Å². The Morgan fingerprint density at radius 2 is 1.90 bits per heavy atom. The summed E-state index contributed by atoms with van der Waals surface area (Å²) in [4.78, 5) is 34.2. The number of rotatable bonds is 9. The van der Waals surface area contributed by atoms with Gasteiger partial charge in [0.25, 0.3) is 5.56 Å². The van der Waals surface area contributed by atoms with Crippen molar-refractivity contribution in [2.24, 2.45) is 0 Å². The first-order valence-electron chi connectivity index (χ1n) is 10.0. The Bertz CT molecular complexity index is 1020. The van der Waals surface area contributed by atoms with Crippen molar-refractivity contribution in [3.05, 3.63) is 57.2 Å². The predicted octanol–water partition coefficient (Wildman–Crippen LogP) is 4.22. The summed E-state index contributed by atoms with van der Waals surface area (Å²) in [5.41, 5.74) is 1.16. The predicted molar refractivity (Wildman–Crippen MR) is 122 cm³/mol. The third kappa shape index (κ3) is 5.08. The lowest BCUT2D eigenvalue weighted by molar-refractivity contribution is -0.127. The van der Waals surface area contributed by atoms with Crippen LogP contribution in [0.15, 0.2) is 46.3 Å². The number of amides is 1. The van der Waals surface area contributed by atoms with Gasteiger partial charge in [0.1, 0.15) is 4.83 Å². The minimum absolute atomic E-state index is 0.0142. The molecule has 5 nitrogen and oxygen atoms in total. The van der Waals surface area contributed by atoms with Gasteiger partial charge in [-0.05, 0) is 38.3 Å². The van der Waals surface area contributed by atoms with E-state index in [0.717, 1.165) is 22.5 Å². The van der Waals surface area contributed by atoms with Gasteiger partial charge in [-0.25, -0.2) is 4.98 Å². The Hall–Kier alpha value is -2.12.